The number of carbonyl (C=O) groups excluding carboxylic acids is 1. The number of ether oxygens (including phenoxy) is 1. The highest BCUT2D eigenvalue weighted by molar-refractivity contribution is 5.94. The number of benzene rings is 1. The molecule has 1 aliphatic rings. The van der Waals surface area contributed by atoms with Crippen molar-refractivity contribution in [2.45, 2.75) is 26.3 Å². The third kappa shape index (κ3) is 3.74. The van der Waals surface area contributed by atoms with Gasteiger partial charge < -0.3 is 14.6 Å². The molecular formula is C21H23N5O2. The minimum absolute atomic E-state index is 0.0636. The number of hydrogen-bond acceptors (Lipinski definition) is 5. The van der Waals surface area contributed by atoms with Gasteiger partial charge in [0, 0.05) is 54.4 Å². The maximum absolute atomic E-state index is 12.6. The molecule has 144 valence electrons. The Balaban J connectivity index is 1.40. The fourth-order valence-electron chi connectivity index (χ4n) is 3.32. The van der Waals surface area contributed by atoms with Gasteiger partial charge in [0.2, 0.25) is 5.88 Å². The predicted octanol–water partition coefficient (Wildman–Crippen LogP) is 2.87. The molecule has 1 saturated carbocycles. The molecular weight excluding hydrogens is 354 g/mol. The summed E-state index contributed by atoms with van der Waals surface area (Å²) in [5, 5.41) is 3.09. The molecule has 1 amide bonds. The normalized spacial score (nSPS) is 14.5. The van der Waals surface area contributed by atoms with Gasteiger partial charge in [0.15, 0.2) is 0 Å². The van der Waals surface area contributed by atoms with Gasteiger partial charge in [-0.15, -0.1) is 0 Å². The first-order chi connectivity index (χ1) is 13.6. The van der Waals surface area contributed by atoms with E-state index >= 15 is 0 Å². The van der Waals surface area contributed by atoms with Crippen molar-refractivity contribution in [3.8, 4) is 17.1 Å². The topological polar surface area (TPSA) is 81.9 Å². The molecule has 0 bridgehead atoms. The summed E-state index contributed by atoms with van der Waals surface area (Å²) in [5.74, 6) is 1.41. The Labute approximate surface area is 163 Å². The van der Waals surface area contributed by atoms with Crippen LogP contribution < -0.4 is 10.1 Å². The predicted molar refractivity (Wildman–Crippen MR) is 105 cm³/mol. The third-order valence-corrected chi connectivity index (χ3v) is 5.29. The summed E-state index contributed by atoms with van der Waals surface area (Å²) in [7, 11) is 1.56. The van der Waals surface area contributed by atoms with Crippen molar-refractivity contribution in [3.63, 3.8) is 0 Å². The van der Waals surface area contributed by atoms with Crippen LogP contribution in [0.3, 0.4) is 0 Å². The number of rotatable bonds is 7. The number of imidazole rings is 1. The minimum Gasteiger partial charge on any atom is -0.479 e. The Morgan fingerprint density at radius 2 is 1.89 bits per heavy atom. The second kappa shape index (κ2) is 7.42. The molecule has 0 radical (unpaired) electrons. The molecule has 7 nitrogen and oxygen atoms in total. The molecule has 0 spiro atoms. The molecule has 3 aromatic rings. The van der Waals surface area contributed by atoms with E-state index in [-0.39, 0.29) is 11.3 Å². The van der Waals surface area contributed by atoms with E-state index in [4.69, 9.17) is 4.74 Å². The van der Waals surface area contributed by atoms with Gasteiger partial charge in [-0.2, -0.15) is 0 Å². The lowest BCUT2D eigenvalue weighted by atomic mass is 10.1. The Hall–Kier alpha value is -3.22. The Kier molecular flexibility index (Phi) is 4.81. The van der Waals surface area contributed by atoms with Crippen LogP contribution in [0, 0.1) is 12.3 Å². The number of nitrogens with one attached hydrogen (secondary N) is 1. The Morgan fingerprint density at radius 3 is 2.54 bits per heavy atom. The van der Waals surface area contributed by atoms with Gasteiger partial charge in [0.1, 0.15) is 11.5 Å². The molecule has 1 aliphatic carbocycles. The molecule has 0 saturated heterocycles. The second-order valence-corrected chi connectivity index (χ2v) is 7.28. The molecule has 4 rings (SSSR count). The summed E-state index contributed by atoms with van der Waals surface area (Å²) in [6.45, 7) is 3.57. The van der Waals surface area contributed by atoms with E-state index in [1.54, 1.807) is 31.6 Å². The summed E-state index contributed by atoms with van der Waals surface area (Å²) in [5.41, 5.74) is 2.29. The van der Waals surface area contributed by atoms with E-state index in [0.717, 1.165) is 30.8 Å². The number of nitrogens with zero attached hydrogens (tertiary/aromatic N) is 4. The molecule has 2 aromatic heterocycles. The largest absolute Gasteiger partial charge is 0.479 e. The van der Waals surface area contributed by atoms with Crippen molar-refractivity contribution in [2.24, 2.45) is 5.41 Å². The van der Waals surface area contributed by atoms with Gasteiger partial charge in [-0.3, -0.25) is 4.79 Å². The van der Waals surface area contributed by atoms with Crippen molar-refractivity contribution in [1.82, 2.24) is 24.8 Å². The van der Waals surface area contributed by atoms with Gasteiger partial charge >= 0.3 is 0 Å². The number of aryl methyl sites for hydroxylation is 1. The van der Waals surface area contributed by atoms with E-state index in [1.807, 2.05) is 31.5 Å². The number of amides is 1. The monoisotopic (exact) mass is 377 g/mol. The molecule has 1 N–H and O–H groups in total. The molecule has 0 atom stereocenters. The van der Waals surface area contributed by atoms with Gasteiger partial charge in [-0.25, -0.2) is 15.0 Å². The molecule has 1 fully saturated rings. The number of hydrogen-bond donors (Lipinski definition) is 1. The lowest BCUT2D eigenvalue weighted by Crippen LogP contribution is -2.32. The van der Waals surface area contributed by atoms with Crippen LogP contribution in [-0.4, -0.2) is 39.1 Å². The standard InChI is InChI=1S/C21H23N5O2/c1-15-22-11-12-26(15)14-21(7-8-21)13-25-19(27)17-5-3-16(4-6-17)18-20(28-2)24-10-9-23-18/h3-6,9-12H,7-8,13-14H2,1-2H3,(H,25,27). The summed E-state index contributed by atoms with van der Waals surface area (Å²) < 4.78 is 7.41. The average Bonchev–Trinajstić information content (AvgIpc) is 3.39. The smallest absolute Gasteiger partial charge is 0.251 e. The van der Waals surface area contributed by atoms with Crippen LogP contribution in [-0.2, 0) is 6.54 Å². The second-order valence-electron chi connectivity index (χ2n) is 7.28. The third-order valence-electron chi connectivity index (χ3n) is 5.29. The van der Waals surface area contributed by atoms with E-state index in [2.05, 4.69) is 24.8 Å². The van der Waals surface area contributed by atoms with Crippen molar-refractivity contribution < 1.29 is 9.53 Å². The first kappa shape index (κ1) is 18.2. The zero-order valence-corrected chi connectivity index (χ0v) is 16.1. The highest BCUT2D eigenvalue weighted by Gasteiger charge is 2.43. The van der Waals surface area contributed by atoms with Gasteiger partial charge in [-0.1, -0.05) is 12.1 Å². The van der Waals surface area contributed by atoms with Gasteiger partial charge in [0.05, 0.1) is 7.11 Å². The quantitative estimate of drug-likeness (QED) is 0.685. The van der Waals surface area contributed by atoms with Crippen molar-refractivity contribution in [1.29, 1.82) is 0 Å². The summed E-state index contributed by atoms with van der Waals surface area (Å²) in [6, 6.07) is 7.34. The van der Waals surface area contributed by atoms with E-state index < -0.39 is 0 Å². The fraction of sp³-hybridized carbons (Fsp3) is 0.333. The molecule has 7 heteroatoms. The molecule has 1 aromatic carbocycles. The maximum Gasteiger partial charge on any atom is 0.251 e. The van der Waals surface area contributed by atoms with E-state index in [0.29, 0.717) is 23.7 Å². The lowest BCUT2D eigenvalue weighted by Gasteiger charge is -2.17. The van der Waals surface area contributed by atoms with Crippen molar-refractivity contribution in [3.05, 3.63) is 60.4 Å². The van der Waals surface area contributed by atoms with Crippen molar-refractivity contribution in [2.75, 3.05) is 13.7 Å². The number of methoxy groups -OCH3 is 1. The van der Waals surface area contributed by atoms with Crippen molar-refractivity contribution >= 4 is 5.91 Å². The summed E-state index contributed by atoms with van der Waals surface area (Å²) >= 11 is 0. The SMILES string of the molecule is COc1nccnc1-c1ccc(C(=O)NCC2(Cn3ccnc3C)CC2)cc1. The first-order valence-corrected chi connectivity index (χ1v) is 9.32. The fourth-order valence-corrected chi connectivity index (χ4v) is 3.32. The van der Waals surface area contributed by atoms with E-state index in [9.17, 15) is 4.79 Å². The Morgan fingerprint density at radius 1 is 1.14 bits per heavy atom. The van der Waals surface area contributed by atoms with Crippen LogP contribution in [0.25, 0.3) is 11.3 Å². The minimum atomic E-state index is -0.0636. The van der Waals surface area contributed by atoms with Gasteiger partial charge in [-0.05, 0) is 31.9 Å². The molecule has 2 heterocycles. The molecule has 28 heavy (non-hydrogen) atoms. The van der Waals surface area contributed by atoms with Crippen LogP contribution in [0.4, 0.5) is 0 Å². The van der Waals surface area contributed by atoms with Crippen LogP contribution >= 0.6 is 0 Å². The van der Waals surface area contributed by atoms with Crippen LogP contribution in [0.2, 0.25) is 0 Å². The maximum atomic E-state index is 12.6. The van der Waals surface area contributed by atoms with Gasteiger partial charge in [0.25, 0.3) is 5.91 Å². The average molecular weight is 377 g/mol. The summed E-state index contributed by atoms with van der Waals surface area (Å²) in [4.78, 5) is 25.3. The first-order valence-electron chi connectivity index (χ1n) is 9.32. The molecule has 0 unspecified atom stereocenters. The molecule has 0 aliphatic heterocycles. The van der Waals surface area contributed by atoms with Crippen LogP contribution in [0.1, 0.15) is 29.0 Å². The van der Waals surface area contributed by atoms with Crippen LogP contribution in [0.15, 0.2) is 49.1 Å². The Bertz CT molecular complexity index is 976. The lowest BCUT2D eigenvalue weighted by molar-refractivity contribution is 0.0943. The number of carbonyl (C=O) groups is 1. The van der Waals surface area contributed by atoms with E-state index in [1.165, 1.54) is 0 Å². The summed E-state index contributed by atoms with van der Waals surface area (Å²) in [6.07, 6.45) is 9.26. The highest BCUT2D eigenvalue weighted by Crippen LogP contribution is 2.46. The zero-order chi connectivity index (χ0) is 19.6. The number of aromatic nitrogens is 4. The highest BCUT2D eigenvalue weighted by atomic mass is 16.5. The zero-order valence-electron chi connectivity index (χ0n) is 16.1. The van der Waals surface area contributed by atoms with Crippen LogP contribution in [0.5, 0.6) is 5.88 Å².